The van der Waals surface area contributed by atoms with Crippen molar-refractivity contribution in [2.24, 2.45) is 0 Å². The van der Waals surface area contributed by atoms with E-state index in [9.17, 15) is 4.79 Å². The number of aromatic nitrogens is 3. The van der Waals surface area contributed by atoms with E-state index in [1.807, 2.05) is 24.3 Å². The second-order valence-corrected chi connectivity index (χ2v) is 6.74. The number of amides is 1. The molecule has 140 valence electrons. The Balaban J connectivity index is 1.51. The highest BCUT2D eigenvalue weighted by molar-refractivity contribution is 5.93. The molecule has 3 aromatic rings. The fourth-order valence-electron chi connectivity index (χ4n) is 3.47. The number of ether oxygens (including phenoxy) is 1. The number of methoxy groups -OCH3 is 1. The van der Waals surface area contributed by atoms with Crippen LogP contribution in [0.2, 0.25) is 0 Å². The van der Waals surface area contributed by atoms with Gasteiger partial charge < -0.3 is 14.2 Å². The molecule has 27 heavy (non-hydrogen) atoms. The lowest BCUT2D eigenvalue weighted by molar-refractivity contribution is 0.0782. The van der Waals surface area contributed by atoms with E-state index in [0.717, 1.165) is 42.8 Å². The zero-order valence-electron chi connectivity index (χ0n) is 15.5. The summed E-state index contributed by atoms with van der Waals surface area (Å²) in [4.78, 5) is 14.5. The van der Waals surface area contributed by atoms with Crippen LogP contribution in [0.15, 0.2) is 41.2 Å². The van der Waals surface area contributed by atoms with Gasteiger partial charge in [0.15, 0.2) is 0 Å². The molecular weight excluding hydrogens is 344 g/mol. The number of para-hydroxylation sites is 2. The highest BCUT2D eigenvalue weighted by atomic mass is 16.5. The molecule has 0 bridgehead atoms. The second kappa shape index (κ2) is 7.26. The first-order chi connectivity index (χ1) is 13.2. The maximum Gasteiger partial charge on any atom is 0.257 e. The fraction of sp³-hybridized carbons (Fsp3) is 0.350. The predicted molar refractivity (Wildman–Crippen MR) is 99.1 cm³/mol. The van der Waals surface area contributed by atoms with Crippen molar-refractivity contribution in [1.82, 2.24) is 19.8 Å². The molecule has 1 aliphatic rings. The summed E-state index contributed by atoms with van der Waals surface area (Å²) in [5, 5.41) is 8.50. The first-order valence-corrected chi connectivity index (χ1v) is 9.07. The van der Waals surface area contributed by atoms with Crippen LogP contribution in [0.3, 0.4) is 0 Å². The number of nitrogens with zero attached hydrogens (tertiary/aromatic N) is 4. The number of hydrogen-bond donors (Lipinski definition) is 0. The Bertz CT molecular complexity index is 960. The highest BCUT2D eigenvalue weighted by Gasteiger charge is 2.22. The highest BCUT2D eigenvalue weighted by Crippen LogP contribution is 2.25. The van der Waals surface area contributed by atoms with Crippen LogP contribution in [0.4, 0.5) is 0 Å². The molecule has 0 aliphatic heterocycles. The Morgan fingerprint density at radius 1 is 1.30 bits per heavy atom. The van der Waals surface area contributed by atoms with Crippen molar-refractivity contribution in [1.29, 1.82) is 0 Å². The lowest BCUT2D eigenvalue weighted by atomic mass is 9.96. The summed E-state index contributed by atoms with van der Waals surface area (Å²) in [6, 6.07) is 7.55. The average Bonchev–Trinajstić information content (AvgIpc) is 3.35. The van der Waals surface area contributed by atoms with Gasteiger partial charge in [-0.2, -0.15) is 5.10 Å². The van der Waals surface area contributed by atoms with Gasteiger partial charge in [-0.15, -0.1) is 0 Å². The molecule has 0 saturated heterocycles. The minimum atomic E-state index is -0.108. The van der Waals surface area contributed by atoms with Gasteiger partial charge in [-0.05, 0) is 31.4 Å². The molecule has 0 atom stereocenters. The van der Waals surface area contributed by atoms with Crippen molar-refractivity contribution in [3.63, 3.8) is 0 Å². The Hall–Kier alpha value is -3.09. The first-order valence-electron chi connectivity index (χ1n) is 9.07. The van der Waals surface area contributed by atoms with Crippen molar-refractivity contribution in [2.45, 2.75) is 32.2 Å². The maximum atomic E-state index is 12.8. The van der Waals surface area contributed by atoms with Gasteiger partial charge in [-0.1, -0.05) is 17.3 Å². The molecule has 7 nitrogen and oxygen atoms in total. The van der Waals surface area contributed by atoms with Crippen molar-refractivity contribution < 1.29 is 14.1 Å². The molecule has 7 heteroatoms. The Kier molecular flexibility index (Phi) is 4.66. The summed E-state index contributed by atoms with van der Waals surface area (Å²) < 4.78 is 12.5. The molecule has 1 aromatic carbocycles. The zero-order valence-corrected chi connectivity index (χ0v) is 15.5. The summed E-state index contributed by atoms with van der Waals surface area (Å²) in [7, 11) is 3.38. The number of carbonyl (C=O) groups is 1. The summed E-state index contributed by atoms with van der Waals surface area (Å²) in [5.41, 5.74) is 3.33. The number of fused-ring (bicyclic) bond motifs is 1. The van der Waals surface area contributed by atoms with E-state index in [0.29, 0.717) is 17.9 Å². The van der Waals surface area contributed by atoms with E-state index >= 15 is 0 Å². The van der Waals surface area contributed by atoms with Gasteiger partial charge in [0, 0.05) is 25.2 Å². The number of carbonyl (C=O) groups excluding carboxylic acids is 1. The van der Waals surface area contributed by atoms with Crippen LogP contribution in [0.1, 0.15) is 40.2 Å². The molecule has 0 saturated carbocycles. The van der Waals surface area contributed by atoms with Crippen molar-refractivity contribution in [2.75, 3.05) is 14.2 Å². The van der Waals surface area contributed by atoms with Crippen molar-refractivity contribution in [3.8, 4) is 11.4 Å². The number of aryl methyl sites for hydroxylation is 1. The number of hydrogen-bond acceptors (Lipinski definition) is 5. The molecule has 2 aromatic heterocycles. The van der Waals surface area contributed by atoms with E-state index in [2.05, 4.69) is 10.3 Å². The molecule has 0 N–H and O–H groups in total. The molecule has 4 rings (SSSR count). The Morgan fingerprint density at radius 2 is 2.11 bits per heavy atom. The number of rotatable bonds is 5. The van der Waals surface area contributed by atoms with Gasteiger partial charge in [0.25, 0.3) is 5.91 Å². The van der Waals surface area contributed by atoms with Crippen LogP contribution in [0.5, 0.6) is 5.75 Å². The SMILES string of the molecule is COc1ccccc1-n1cc(C(=O)N(C)Cc2noc3c2CCCC3)cn1. The molecule has 0 radical (unpaired) electrons. The van der Waals surface area contributed by atoms with Crippen molar-refractivity contribution >= 4 is 5.91 Å². The molecule has 0 spiro atoms. The summed E-state index contributed by atoms with van der Waals surface area (Å²) >= 11 is 0. The minimum Gasteiger partial charge on any atom is -0.494 e. The van der Waals surface area contributed by atoms with E-state index in [-0.39, 0.29) is 5.91 Å². The standard InChI is InChI=1S/C20H22N4O3/c1-23(13-16-15-7-3-5-9-18(15)27-22-16)20(25)14-11-21-24(12-14)17-8-4-6-10-19(17)26-2/h4,6,8,10-12H,3,5,7,9,13H2,1-2H3. The topological polar surface area (TPSA) is 73.4 Å². The third kappa shape index (κ3) is 3.32. The van der Waals surface area contributed by atoms with Crippen LogP contribution in [-0.2, 0) is 19.4 Å². The van der Waals surface area contributed by atoms with E-state index in [1.165, 1.54) is 5.56 Å². The summed E-state index contributed by atoms with van der Waals surface area (Å²) in [5.74, 6) is 1.56. The molecule has 2 heterocycles. The summed E-state index contributed by atoms with van der Waals surface area (Å²) in [6.45, 7) is 0.428. The molecular formula is C20H22N4O3. The van der Waals surface area contributed by atoms with E-state index < -0.39 is 0 Å². The zero-order chi connectivity index (χ0) is 18.8. The largest absolute Gasteiger partial charge is 0.494 e. The van der Waals surface area contributed by atoms with Crippen molar-refractivity contribution in [3.05, 3.63) is 59.2 Å². The third-order valence-electron chi connectivity index (χ3n) is 4.93. The monoisotopic (exact) mass is 366 g/mol. The Morgan fingerprint density at radius 3 is 2.96 bits per heavy atom. The lowest BCUT2D eigenvalue weighted by Gasteiger charge is -2.16. The van der Waals surface area contributed by atoms with Gasteiger partial charge >= 0.3 is 0 Å². The second-order valence-electron chi connectivity index (χ2n) is 6.74. The van der Waals surface area contributed by atoms with Crippen LogP contribution in [0.25, 0.3) is 5.69 Å². The van der Waals surface area contributed by atoms with E-state index in [4.69, 9.17) is 9.26 Å². The third-order valence-corrected chi connectivity index (χ3v) is 4.93. The smallest absolute Gasteiger partial charge is 0.257 e. The fourth-order valence-corrected chi connectivity index (χ4v) is 3.47. The van der Waals surface area contributed by atoms with Gasteiger partial charge in [0.2, 0.25) is 0 Å². The van der Waals surface area contributed by atoms with Gasteiger partial charge in [0.05, 0.1) is 25.4 Å². The predicted octanol–water partition coefficient (Wildman–Crippen LogP) is 3.02. The lowest BCUT2D eigenvalue weighted by Crippen LogP contribution is -2.26. The molecule has 0 fully saturated rings. The van der Waals surface area contributed by atoms with Crippen LogP contribution >= 0.6 is 0 Å². The van der Waals surface area contributed by atoms with Gasteiger partial charge in [0.1, 0.15) is 22.9 Å². The first kappa shape index (κ1) is 17.3. The van der Waals surface area contributed by atoms with Gasteiger partial charge in [-0.3, -0.25) is 4.79 Å². The quantitative estimate of drug-likeness (QED) is 0.694. The Labute approximate surface area is 157 Å². The van der Waals surface area contributed by atoms with E-state index in [1.54, 1.807) is 36.1 Å². The van der Waals surface area contributed by atoms with Crippen LogP contribution in [0, 0.1) is 0 Å². The van der Waals surface area contributed by atoms with Crippen LogP contribution in [-0.4, -0.2) is 39.9 Å². The molecule has 0 unspecified atom stereocenters. The van der Waals surface area contributed by atoms with Gasteiger partial charge in [-0.25, -0.2) is 4.68 Å². The average molecular weight is 366 g/mol. The minimum absolute atomic E-state index is 0.108. The summed E-state index contributed by atoms with van der Waals surface area (Å²) in [6.07, 6.45) is 7.48. The molecule has 1 amide bonds. The normalized spacial score (nSPS) is 13.3. The van der Waals surface area contributed by atoms with Crippen LogP contribution < -0.4 is 4.74 Å². The maximum absolute atomic E-state index is 12.8. The molecule has 1 aliphatic carbocycles. The number of benzene rings is 1.